The van der Waals surface area contributed by atoms with Crippen molar-refractivity contribution in [3.8, 4) is 5.75 Å². The molecule has 0 aromatic heterocycles. The number of hydrogen-bond acceptors (Lipinski definition) is 3. The molecule has 0 bridgehead atoms. The van der Waals surface area contributed by atoms with Crippen LogP contribution in [-0.4, -0.2) is 16.8 Å². The van der Waals surface area contributed by atoms with Crippen LogP contribution in [-0.2, 0) is 6.54 Å². The van der Waals surface area contributed by atoms with Crippen LogP contribution < -0.4 is 5.32 Å². The van der Waals surface area contributed by atoms with Gasteiger partial charge in [0.05, 0.1) is 6.10 Å². The zero-order valence-corrected chi connectivity index (χ0v) is 12.0. The Labute approximate surface area is 121 Å². The number of phenols is 1. The second-order valence-electron chi connectivity index (χ2n) is 4.37. The fourth-order valence-corrected chi connectivity index (χ4v) is 2.22. The minimum atomic E-state index is -0.533. The van der Waals surface area contributed by atoms with Crippen LogP contribution in [0.15, 0.2) is 53.0 Å². The Hall–Kier alpha value is -1.36. The lowest BCUT2D eigenvalue weighted by molar-refractivity contribution is 0.174. The molecule has 0 aliphatic heterocycles. The number of phenolic OH excluding ortho intramolecular Hbond substituents is 1. The minimum Gasteiger partial charge on any atom is -0.508 e. The lowest BCUT2D eigenvalue weighted by Gasteiger charge is -2.12. The maximum atomic E-state index is 10.0. The number of nitrogens with one attached hydrogen (secondary N) is 1. The monoisotopic (exact) mass is 321 g/mol. The van der Waals surface area contributed by atoms with Crippen LogP contribution in [0.25, 0.3) is 0 Å². The van der Waals surface area contributed by atoms with Gasteiger partial charge in [0.2, 0.25) is 0 Å². The third-order valence-electron chi connectivity index (χ3n) is 2.84. The van der Waals surface area contributed by atoms with Gasteiger partial charge in [-0.25, -0.2) is 0 Å². The van der Waals surface area contributed by atoms with Gasteiger partial charge in [0.1, 0.15) is 5.75 Å². The van der Waals surface area contributed by atoms with Gasteiger partial charge in [0, 0.05) is 17.6 Å². The zero-order valence-electron chi connectivity index (χ0n) is 10.4. The van der Waals surface area contributed by atoms with Crippen molar-refractivity contribution in [3.05, 3.63) is 64.1 Å². The van der Waals surface area contributed by atoms with Crippen molar-refractivity contribution >= 4 is 15.9 Å². The molecule has 100 valence electrons. The average Bonchev–Trinajstić information content (AvgIpc) is 2.41. The molecule has 1 unspecified atom stereocenters. The topological polar surface area (TPSA) is 52.5 Å². The van der Waals surface area contributed by atoms with Gasteiger partial charge in [-0.2, -0.15) is 0 Å². The van der Waals surface area contributed by atoms with Gasteiger partial charge in [-0.05, 0) is 35.4 Å². The summed E-state index contributed by atoms with van der Waals surface area (Å²) >= 11 is 3.39. The lowest BCUT2D eigenvalue weighted by atomic mass is 10.1. The summed E-state index contributed by atoms with van der Waals surface area (Å²) in [6.45, 7) is 1.14. The Balaban J connectivity index is 1.84. The Morgan fingerprint density at radius 2 is 1.84 bits per heavy atom. The van der Waals surface area contributed by atoms with E-state index in [1.807, 2.05) is 36.4 Å². The summed E-state index contributed by atoms with van der Waals surface area (Å²) in [5.41, 5.74) is 1.95. The van der Waals surface area contributed by atoms with Crippen LogP contribution in [0.2, 0.25) is 0 Å². The van der Waals surface area contributed by atoms with Gasteiger partial charge in [-0.15, -0.1) is 0 Å². The van der Waals surface area contributed by atoms with Crippen LogP contribution in [0.5, 0.6) is 5.75 Å². The van der Waals surface area contributed by atoms with Crippen molar-refractivity contribution < 1.29 is 10.2 Å². The van der Waals surface area contributed by atoms with E-state index >= 15 is 0 Å². The molecule has 0 saturated heterocycles. The van der Waals surface area contributed by atoms with Crippen LogP contribution in [0.4, 0.5) is 0 Å². The van der Waals surface area contributed by atoms with Crippen molar-refractivity contribution in [2.75, 3.05) is 6.54 Å². The molecular weight excluding hydrogens is 306 g/mol. The number of benzene rings is 2. The number of aromatic hydroxyl groups is 1. The second-order valence-corrected chi connectivity index (χ2v) is 5.28. The van der Waals surface area contributed by atoms with Gasteiger partial charge in [-0.1, -0.05) is 40.2 Å². The molecule has 3 N–H and O–H groups in total. The van der Waals surface area contributed by atoms with Crippen LogP contribution in [0.3, 0.4) is 0 Å². The predicted molar refractivity (Wildman–Crippen MR) is 78.9 cm³/mol. The largest absolute Gasteiger partial charge is 0.508 e. The first kappa shape index (κ1) is 14.1. The van der Waals surface area contributed by atoms with E-state index in [1.165, 1.54) is 0 Å². The molecule has 0 heterocycles. The molecule has 0 saturated carbocycles. The van der Waals surface area contributed by atoms with Crippen LogP contribution in [0.1, 0.15) is 17.2 Å². The van der Waals surface area contributed by atoms with Crippen molar-refractivity contribution in [2.24, 2.45) is 0 Å². The number of aliphatic hydroxyl groups excluding tert-OH is 1. The van der Waals surface area contributed by atoms with Crippen molar-refractivity contribution in [1.29, 1.82) is 0 Å². The van der Waals surface area contributed by atoms with E-state index in [1.54, 1.807) is 12.1 Å². The van der Waals surface area contributed by atoms with Gasteiger partial charge in [0.25, 0.3) is 0 Å². The number of halogens is 1. The Morgan fingerprint density at radius 3 is 2.53 bits per heavy atom. The van der Waals surface area contributed by atoms with E-state index in [-0.39, 0.29) is 5.75 Å². The molecule has 19 heavy (non-hydrogen) atoms. The fraction of sp³-hybridized carbons (Fsp3) is 0.200. The van der Waals surface area contributed by atoms with Gasteiger partial charge < -0.3 is 15.5 Å². The van der Waals surface area contributed by atoms with Crippen LogP contribution >= 0.6 is 15.9 Å². The average molecular weight is 322 g/mol. The molecule has 0 amide bonds. The van der Waals surface area contributed by atoms with E-state index in [0.717, 1.165) is 15.6 Å². The molecule has 3 nitrogen and oxygen atoms in total. The van der Waals surface area contributed by atoms with E-state index in [0.29, 0.717) is 13.1 Å². The Bertz CT molecular complexity index is 528. The fourth-order valence-electron chi connectivity index (χ4n) is 1.80. The molecule has 0 fully saturated rings. The SMILES string of the molecule is Oc1ccc(CNCC(O)c2cccc(Br)c2)cc1. The van der Waals surface area contributed by atoms with Crippen LogP contribution in [0, 0.1) is 0 Å². The summed E-state index contributed by atoms with van der Waals surface area (Å²) in [5, 5.41) is 22.4. The molecule has 2 aromatic carbocycles. The van der Waals surface area contributed by atoms with Crippen molar-refractivity contribution in [3.63, 3.8) is 0 Å². The Kier molecular flexibility index (Phi) is 4.96. The molecule has 0 aliphatic rings. The van der Waals surface area contributed by atoms with E-state index in [9.17, 15) is 10.2 Å². The van der Waals surface area contributed by atoms with Gasteiger partial charge in [-0.3, -0.25) is 0 Å². The normalized spacial score (nSPS) is 12.3. The van der Waals surface area contributed by atoms with E-state index in [4.69, 9.17) is 0 Å². The molecule has 0 spiro atoms. The van der Waals surface area contributed by atoms with E-state index in [2.05, 4.69) is 21.2 Å². The number of hydrogen-bond donors (Lipinski definition) is 3. The third kappa shape index (κ3) is 4.35. The molecule has 0 aliphatic carbocycles. The summed E-state index contributed by atoms with van der Waals surface area (Å²) in [4.78, 5) is 0. The second kappa shape index (κ2) is 6.70. The third-order valence-corrected chi connectivity index (χ3v) is 3.33. The first-order valence-corrected chi connectivity index (χ1v) is 6.86. The summed E-state index contributed by atoms with van der Waals surface area (Å²) in [6.07, 6.45) is -0.533. The van der Waals surface area contributed by atoms with Gasteiger partial charge >= 0.3 is 0 Å². The highest BCUT2D eigenvalue weighted by molar-refractivity contribution is 9.10. The smallest absolute Gasteiger partial charge is 0.115 e. The Morgan fingerprint density at radius 1 is 1.11 bits per heavy atom. The van der Waals surface area contributed by atoms with Crippen molar-refractivity contribution in [2.45, 2.75) is 12.6 Å². The molecule has 2 rings (SSSR count). The summed E-state index contributed by atoms with van der Waals surface area (Å²) in [7, 11) is 0. The molecule has 1 atom stereocenters. The zero-order chi connectivity index (χ0) is 13.7. The van der Waals surface area contributed by atoms with Gasteiger partial charge in [0.15, 0.2) is 0 Å². The molecule has 2 aromatic rings. The lowest BCUT2D eigenvalue weighted by Crippen LogP contribution is -2.21. The molecule has 0 radical (unpaired) electrons. The number of rotatable bonds is 5. The standard InChI is InChI=1S/C15H16BrNO2/c16-13-3-1-2-12(8-13)15(19)10-17-9-11-4-6-14(18)7-5-11/h1-8,15,17-19H,9-10H2. The highest BCUT2D eigenvalue weighted by Crippen LogP contribution is 2.17. The number of aliphatic hydroxyl groups is 1. The predicted octanol–water partition coefficient (Wildman–Crippen LogP) is 2.98. The summed E-state index contributed by atoms with van der Waals surface area (Å²) in [5.74, 6) is 0.262. The maximum Gasteiger partial charge on any atom is 0.115 e. The molecule has 4 heteroatoms. The summed E-state index contributed by atoms with van der Waals surface area (Å²) < 4.78 is 0.961. The quantitative estimate of drug-likeness (QED) is 0.793. The highest BCUT2D eigenvalue weighted by atomic mass is 79.9. The first-order valence-electron chi connectivity index (χ1n) is 6.07. The highest BCUT2D eigenvalue weighted by Gasteiger charge is 2.07. The van der Waals surface area contributed by atoms with E-state index < -0.39 is 6.10 Å². The minimum absolute atomic E-state index is 0.262. The van der Waals surface area contributed by atoms with Crippen molar-refractivity contribution in [1.82, 2.24) is 5.32 Å². The first-order chi connectivity index (χ1) is 9.15. The molecular formula is C15H16BrNO2. The maximum absolute atomic E-state index is 10.0. The summed E-state index contributed by atoms with van der Waals surface area (Å²) in [6, 6.07) is 14.7.